The Kier molecular flexibility index (Phi) is 4.61. The molecule has 0 saturated heterocycles. The lowest BCUT2D eigenvalue weighted by molar-refractivity contribution is 0.630. The molecule has 1 atom stereocenters. The molecule has 3 nitrogen and oxygen atoms in total. The molecule has 2 rings (SSSR count). The molecule has 0 bridgehead atoms. The number of aryl methyl sites for hydroxylation is 2. The first kappa shape index (κ1) is 14.8. The fourth-order valence-electron chi connectivity index (χ4n) is 2.87. The zero-order valence-corrected chi connectivity index (χ0v) is 13.2. The quantitative estimate of drug-likeness (QED) is 0.902. The van der Waals surface area contributed by atoms with Crippen molar-refractivity contribution in [3.05, 3.63) is 46.8 Å². The van der Waals surface area contributed by atoms with Crippen molar-refractivity contribution in [2.45, 2.75) is 40.5 Å². The van der Waals surface area contributed by atoms with E-state index in [1.165, 1.54) is 22.5 Å². The normalized spacial score (nSPS) is 12.7. The lowest BCUT2D eigenvalue weighted by Gasteiger charge is -2.13. The van der Waals surface area contributed by atoms with E-state index in [2.05, 4.69) is 68.9 Å². The van der Waals surface area contributed by atoms with Gasteiger partial charge >= 0.3 is 0 Å². The Morgan fingerprint density at radius 2 is 1.90 bits per heavy atom. The summed E-state index contributed by atoms with van der Waals surface area (Å²) in [5.41, 5.74) is 6.19. The maximum Gasteiger partial charge on any atom is 0.0678 e. The van der Waals surface area contributed by atoms with Crippen LogP contribution in [0.2, 0.25) is 0 Å². The van der Waals surface area contributed by atoms with Crippen LogP contribution in [0.3, 0.4) is 0 Å². The second-order valence-electron chi connectivity index (χ2n) is 5.49. The van der Waals surface area contributed by atoms with Crippen LogP contribution in [0.5, 0.6) is 0 Å². The smallest absolute Gasteiger partial charge is 0.0678 e. The van der Waals surface area contributed by atoms with Crippen molar-refractivity contribution in [3.63, 3.8) is 0 Å². The zero-order valence-electron chi connectivity index (χ0n) is 13.2. The molecule has 0 aliphatic rings. The highest BCUT2D eigenvalue weighted by Crippen LogP contribution is 2.26. The van der Waals surface area contributed by atoms with Gasteiger partial charge in [0, 0.05) is 17.8 Å². The summed E-state index contributed by atoms with van der Waals surface area (Å²) in [6.07, 6.45) is 0. The van der Waals surface area contributed by atoms with Gasteiger partial charge in [0.15, 0.2) is 0 Å². The predicted molar refractivity (Wildman–Crippen MR) is 84.7 cm³/mol. The fraction of sp³-hybridized carbons (Fsp3) is 0.471. The first-order valence-corrected chi connectivity index (χ1v) is 7.39. The molecule has 1 N–H and O–H groups in total. The van der Waals surface area contributed by atoms with Gasteiger partial charge in [-0.15, -0.1) is 0 Å². The maximum atomic E-state index is 4.76. The minimum Gasteiger partial charge on any atom is -0.316 e. The summed E-state index contributed by atoms with van der Waals surface area (Å²) in [7, 11) is 0. The molecular formula is C17H25N3. The van der Waals surface area contributed by atoms with Crippen LogP contribution in [0.4, 0.5) is 0 Å². The summed E-state index contributed by atoms with van der Waals surface area (Å²) in [5.74, 6) is 0.479. The molecule has 0 aliphatic carbocycles. The van der Waals surface area contributed by atoms with Crippen LogP contribution in [-0.4, -0.2) is 22.9 Å². The third-order valence-corrected chi connectivity index (χ3v) is 3.88. The summed E-state index contributed by atoms with van der Waals surface area (Å²) in [4.78, 5) is 0. The first-order valence-electron chi connectivity index (χ1n) is 7.39. The first-order chi connectivity index (χ1) is 9.56. The number of hydrogen-bond donors (Lipinski definition) is 1. The predicted octanol–water partition coefficient (Wildman–Crippen LogP) is 3.51. The van der Waals surface area contributed by atoms with Crippen molar-refractivity contribution >= 4 is 0 Å². The maximum absolute atomic E-state index is 4.76. The monoisotopic (exact) mass is 271 g/mol. The third-order valence-electron chi connectivity index (χ3n) is 3.88. The van der Waals surface area contributed by atoms with Gasteiger partial charge in [0.2, 0.25) is 0 Å². The molecule has 0 aliphatic heterocycles. The van der Waals surface area contributed by atoms with E-state index < -0.39 is 0 Å². The Balaban J connectivity index is 2.41. The number of aromatic nitrogens is 2. The van der Waals surface area contributed by atoms with Crippen LogP contribution < -0.4 is 5.32 Å². The van der Waals surface area contributed by atoms with Crippen LogP contribution in [-0.2, 0) is 0 Å². The molecule has 0 fully saturated rings. The van der Waals surface area contributed by atoms with Gasteiger partial charge in [0.05, 0.1) is 11.4 Å². The topological polar surface area (TPSA) is 29.9 Å². The molecule has 2 aromatic rings. The van der Waals surface area contributed by atoms with Gasteiger partial charge in [-0.1, -0.05) is 32.0 Å². The Labute approximate surface area is 122 Å². The van der Waals surface area contributed by atoms with E-state index in [1.807, 2.05) is 0 Å². The molecule has 1 aromatic carbocycles. The molecule has 0 spiro atoms. The van der Waals surface area contributed by atoms with Crippen molar-refractivity contribution in [2.24, 2.45) is 0 Å². The van der Waals surface area contributed by atoms with E-state index in [0.29, 0.717) is 5.92 Å². The second kappa shape index (κ2) is 6.23. The molecular weight excluding hydrogens is 246 g/mol. The summed E-state index contributed by atoms with van der Waals surface area (Å²) in [5, 5.41) is 8.18. The largest absolute Gasteiger partial charge is 0.316 e. The number of nitrogens with one attached hydrogen (secondary N) is 1. The molecule has 108 valence electrons. The number of nitrogens with zero attached hydrogens (tertiary/aromatic N) is 2. The van der Waals surface area contributed by atoms with Gasteiger partial charge < -0.3 is 5.32 Å². The van der Waals surface area contributed by atoms with E-state index in [4.69, 9.17) is 5.10 Å². The Morgan fingerprint density at radius 1 is 1.20 bits per heavy atom. The van der Waals surface area contributed by atoms with Crippen molar-refractivity contribution in [2.75, 3.05) is 13.1 Å². The molecule has 1 heterocycles. The number of benzene rings is 1. The van der Waals surface area contributed by atoms with E-state index in [0.717, 1.165) is 18.8 Å². The SMILES string of the molecule is CCNCC(C)c1c(C)nn(-c2ccccc2C)c1C. The van der Waals surface area contributed by atoms with E-state index in [-0.39, 0.29) is 0 Å². The van der Waals surface area contributed by atoms with Crippen molar-refractivity contribution in [1.29, 1.82) is 0 Å². The molecule has 0 amide bonds. The van der Waals surface area contributed by atoms with Crippen molar-refractivity contribution in [3.8, 4) is 5.69 Å². The number of rotatable bonds is 5. The van der Waals surface area contributed by atoms with Crippen LogP contribution in [0.15, 0.2) is 24.3 Å². The fourth-order valence-corrected chi connectivity index (χ4v) is 2.87. The van der Waals surface area contributed by atoms with Crippen LogP contribution in [0, 0.1) is 20.8 Å². The molecule has 0 radical (unpaired) electrons. The molecule has 0 saturated carbocycles. The summed E-state index contributed by atoms with van der Waals surface area (Å²) >= 11 is 0. The number of likely N-dealkylation sites (N-methyl/N-ethyl adjacent to an activating group) is 1. The average Bonchev–Trinajstić information content (AvgIpc) is 2.72. The number of para-hydroxylation sites is 1. The van der Waals surface area contributed by atoms with Gasteiger partial charge in [-0.25, -0.2) is 4.68 Å². The van der Waals surface area contributed by atoms with Crippen LogP contribution >= 0.6 is 0 Å². The molecule has 20 heavy (non-hydrogen) atoms. The standard InChI is InChI=1S/C17H25N3/c1-6-18-11-13(3)17-14(4)19-20(15(17)5)16-10-8-7-9-12(16)2/h7-10,13,18H,6,11H2,1-5H3. The second-order valence-corrected chi connectivity index (χ2v) is 5.49. The van der Waals surface area contributed by atoms with E-state index in [9.17, 15) is 0 Å². The minimum atomic E-state index is 0.479. The highest BCUT2D eigenvalue weighted by molar-refractivity contribution is 5.43. The third kappa shape index (κ3) is 2.78. The molecule has 1 unspecified atom stereocenters. The van der Waals surface area contributed by atoms with Crippen LogP contribution in [0.1, 0.15) is 42.3 Å². The lowest BCUT2D eigenvalue weighted by atomic mass is 9.99. The summed E-state index contributed by atoms with van der Waals surface area (Å²) in [6, 6.07) is 8.40. The lowest BCUT2D eigenvalue weighted by Crippen LogP contribution is -2.20. The molecule has 1 aromatic heterocycles. The van der Waals surface area contributed by atoms with Gasteiger partial charge in [-0.2, -0.15) is 5.10 Å². The Bertz CT molecular complexity index is 584. The van der Waals surface area contributed by atoms with E-state index >= 15 is 0 Å². The highest BCUT2D eigenvalue weighted by atomic mass is 15.3. The van der Waals surface area contributed by atoms with Crippen molar-refractivity contribution < 1.29 is 0 Å². The van der Waals surface area contributed by atoms with Gasteiger partial charge in [-0.05, 0) is 44.9 Å². The highest BCUT2D eigenvalue weighted by Gasteiger charge is 2.18. The zero-order chi connectivity index (χ0) is 14.7. The summed E-state index contributed by atoms with van der Waals surface area (Å²) < 4.78 is 2.09. The van der Waals surface area contributed by atoms with Gasteiger partial charge in [-0.3, -0.25) is 0 Å². The van der Waals surface area contributed by atoms with Gasteiger partial charge in [0.25, 0.3) is 0 Å². The van der Waals surface area contributed by atoms with E-state index in [1.54, 1.807) is 0 Å². The number of hydrogen-bond acceptors (Lipinski definition) is 2. The van der Waals surface area contributed by atoms with Gasteiger partial charge in [0.1, 0.15) is 0 Å². The molecule has 3 heteroatoms. The average molecular weight is 271 g/mol. The Hall–Kier alpha value is -1.61. The van der Waals surface area contributed by atoms with Crippen LogP contribution in [0.25, 0.3) is 5.69 Å². The Morgan fingerprint density at radius 3 is 2.55 bits per heavy atom. The summed E-state index contributed by atoms with van der Waals surface area (Å²) in [6.45, 7) is 12.8. The minimum absolute atomic E-state index is 0.479. The van der Waals surface area contributed by atoms with Crippen molar-refractivity contribution in [1.82, 2.24) is 15.1 Å².